The number of H-pyrrole nitrogens is 1. The van der Waals surface area contributed by atoms with Crippen LogP contribution in [0.25, 0.3) is 67.1 Å². The van der Waals surface area contributed by atoms with E-state index >= 15 is 0 Å². The lowest BCUT2D eigenvalue weighted by Gasteiger charge is -2.10. The Hall–Kier alpha value is -6.01. The lowest BCUT2D eigenvalue weighted by atomic mass is 9.63. The highest BCUT2D eigenvalue weighted by molar-refractivity contribution is 6.70. The summed E-state index contributed by atoms with van der Waals surface area (Å²) in [5.74, 6) is 1.97. The smallest absolute Gasteiger partial charge is 0.195 e. The van der Waals surface area contributed by atoms with Crippen molar-refractivity contribution in [2.45, 2.75) is 0 Å². The van der Waals surface area contributed by atoms with Gasteiger partial charge >= 0.3 is 0 Å². The molecular formula is C39H28BN5. The Bertz CT molecular complexity index is 2220. The summed E-state index contributed by atoms with van der Waals surface area (Å²) in [7, 11) is 0.785. The summed E-state index contributed by atoms with van der Waals surface area (Å²) in [6.45, 7) is 0. The Morgan fingerprint density at radius 3 is 1.64 bits per heavy atom. The number of anilines is 1. The zero-order valence-electron chi connectivity index (χ0n) is 24.5. The van der Waals surface area contributed by atoms with Crippen molar-refractivity contribution in [3.63, 3.8) is 0 Å². The summed E-state index contributed by atoms with van der Waals surface area (Å²) in [4.78, 5) is 18.3. The molecule has 0 aliphatic heterocycles. The van der Waals surface area contributed by atoms with E-state index < -0.39 is 0 Å². The second kappa shape index (κ2) is 11.2. The van der Waals surface area contributed by atoms with Crippen LogP contribution in [0.1, 0.15) is 0 Å². The van der Waals surface area contributed by atoms with Gasteiger partial charge in [0.2, 0.25) is 0 Å². The second-order valence-electron chi connectivity index (χ2n) is 11.2. The maximum Gasteiger partial charge on any atom is 0.195 e. The van der Waals surface area contributed by atoms with Gasteiger partial charge in [-0.05, 0) is 29.3 Å². The van der Waals surface area contributed by atoms with Crippen molar-refractivity contribution in [3.8, 4) is 45.3 Å². The number of nitrogen functional groups attached to an aromatic ring is 1. The molecule has 2 heterocycles. The molecule has 0 spiro atoms. The minimum absolute atomic E-state index is 0.653. The van der Waals surface area contributed by atoms with Crippen molar-refractivity contribution in [3.05, 3.63) is 146 Å². The van der Waals surface area contributed by atoms with Gasteiger partial charge in [-0.2, -0.15) is 0 Å². The molecule has 0 amide bonds. The molecule has 0 aliphatic rings. The van der Waals surface area contributed by atoms with Crippen molar-refractivity contribution in [1.29, 1.82) is 0 Å². The fraction of sp³-hybridized carbons (Fsp3) is 0. The van der Waals surface area contributed by atoms with Gasteiger partial charge in [0.1, 0.15) is 0 Å². The van der Waals surface area contributed by atoms with Crippen LogP contribution >= 0.6 is 0 Å². The first-order chi connectivity index (χ1) is 22.2. The molecule has 8 aromatic rings. The molecule has 3 N–H and O–H groups in total. The van der Waals surface area contributed by atoms with Gasteiger partial charge in [0, 0.05) is 44.2 Å². The van der Waals surface area contributed by atoms with Crippen molar-refractivity contribution in [1.82, 2.24) is 19.9 Å². The molecule has 8 rings (SSSR count). The van der Waals surface area contributed by atoms with Crippen LogP contribution in [0, 0.1) is 0 Å². The van der Waals surface area contributed by atoms with Gasteiger partial charge < -0.3 is 10.7 Å². The van der Waals surface area contributed by atoms with Gasteiger partial charge in [-0.1, -0.05) is 138 Å². The van der Waals surface area contributed by atoms with E-state index in [4.69, 9.17) is 20.7 Å². The van der Waals surface area contributed by atoms with E-state index in [9.17, 15) is 0 Å². The first kappa shape index (κ1) is 26.6. The van der Waals surface area contributed by atoms with Crippen molar-refractivity contribution in [2.75, 3.05) is 5.73 Å². The predicted molar refractivity (Wildman–Crippen MR) is 188 cm³/mol. The number of fused-ring (bicyclic) bond motifs is 3. The Morgan fingerprint density at radius 2 is 1.02 bits per heavy atom. The average Bonchev–Trinajstić information content (AvgIpc) is 3.50. The van der Waals surface area contributed by atoms with Crippen LogP contribution < -0.4 is 16.7 Å². The fourth-order valence-electron chi connectivity index (χ4n) is 5.99. The van der Waals surface area contributed by atoms with E-state index in [-0.39, 0.29) is 0 Å². The number of para-hydroxylation sites is 1. The van der Waals surface area contributed by atoms with Gasteiger partial charge in [-0.15, -0.1) is 0 Å². The highest BCUT2D eigenvalue weighted by atomic mass is 15.0. The Balaban J connectivity index is 1.17. The van der Waals surface area contributed by atoms with Crippen LogP contribution in [-0.4, -0.2) is 27.2 Å². The Morgan fingerprint density at radius 1 is 0.489 bits per heavy atom. The van der Waals surface area contributed by atoms with Crippen molar-refractivity contribution in [2.24, 2.45) is 0 Å². The van der Waals surface area contributed by atoms with Crippen molar-refractivity contribution < 1.29 is 0 Å². The number of nitrogens with zero attached hydrogens (tertiary/aromatic N) is 3. The molecule has 0 aliphatic carbocycles. The number of nitrogens with two attached hydrogens (primary N) is 1. The molecule has 45 heavy (non-hydrogen) atoms. The third-order valence-electron chi connectivity index (χ3n) is 8.28. The van der Waals surface area contributed by atoms with Crippen LogP contribution in [-0.2, 0) is 0 Å². The maximum absolute atomic E-state index is 6.00. The molecule has 0 atom stereocenters. The van der Waals surface area contributed by atoms with Gasteiger partial charge in [0.05, 0.1) is 0 Å². The summed E-state index contributed by atoms with van der Waals surface area (Å²) < 4.78 is 0. The first-order valence-corrected chi connectivity index (χ1v) is 15.0. The third-order valence-corrected chi connectivity index (χ3v) is 8.28. The number of hydrogen-bond acceptors (Lipinski definition) is 4. The van der Waals surface area contributed by atoms with Crippen LogP contribution in [0.4, 0.5) is 5.69 Å². The minimum atomic E-state index is 0.653. The van der Waals surface area contributed by atoms with Gasteiger partial charge in [0.15, 0.2) is 24.8 Å². The molecule has 0 saturated heterocycles. The number of hydrogen-bond donors (Lipinski definition) is 2. The quantitative estimate of drug-likeness (QED) is 0.163. The van der Waals surface area contributed by atoms with E-state index in [1.807, 2.05) is 72.8 Å². The first-order valence-electron chi connectivity index (χ1n) is 15.0. The number of aromatic amines is 1. The minimum Gasteiger partial charge on any atom is -0.399 e. The highest BCUT2D eigenvalue weighted by Gasteiger charge is 2.16. The Kier molecular flexibility index (Phi) is 6.65. The highest BCUT2D eigenvalue weighted by Crippen LogP contribution is 2.34. The van der Waals surface area contributed by atoms with E-state index in [1.165, 1.54) is 27.3 Å². The number of benzene rings is 6. The topological polar surface area (TPSA) is 80.5 Å². The molecule has 0 unspecified atom stereocenters. The standard InChI is InChI=1S/C39H28BN5/c41-30-21-17-25(18-22-30)31-23-24-33(36-35(31)32-13-7-8-14-34(32)42-36)40-29-19-15-28(16-20-29)39-44-37(26-9-3-1-4-10-26)43-38(45-39)27-11-5-2-6-12-27/h1-24,40,42H,41H2. The molecule has 2 aromatic heterocycles. The molecule has 6 aromatic carbocycles. The number of rotatable bonds is 6. The SMILES string of the molecule is Nc1ccc(-c2ccc(Bc3ccc(-c4nc(-c5ccccc5)nc(-c5ccccc5)n4)cc3)c3[nH]c4ccccc4c23)cc1. The zero-order chi connectivity index (χ0) is 30.2. The van der Waals surface area contributed by atoms with Crippen molar-refractivity contribution >= 4 is 45.7 Å². The second-order valence-corrected chi connectivity index (χ2v) is 11.2. The molecular weight excluding hydrogens is 549 g/mol. The van der Waals surface area contributed by atoms with Gasteiger partial charge in [-0.3, -0.25) is 0 Å². The van der Waals surface area contributed by atoms with Crippen LogP contribution in [0.3, 0.4) is 0 Å². The van der Waals surface area contributed by atoms with Gasteiger partial charge in [0.25, 0.3) is 0 Å². The monoisotopic (exact) mass is 577 g/mol. The lowest BCUT2D eigenvalue weighted by molar-refractivity contribution is 1.07. The van der Waals surface area contributed by atoms with Crippen LogP contribution in [0.2, 0.25) is 0 Å². The molecule has 6 heteroatoms. The lowest BCUT2D eigenvalue weighted by Crippen LogP contribution is -2.27. The van der Waals surface area contributed by atoms with Crippen LogP contribution in [0.5, 0.6) is 0 Å². The zero-order valence-corrected chi connectivity index (χ0v) is 24.5. The maximum atomic E-state index is 6.00. The summed E-state index contributed by atoms with van der Waals surface area (Å²) in [5, 5.41) is 2.45. The fourth-order valence-corrected chi connectivity index (χ4v) is 5.99. The molecule has 0 saturated carbocycles. The molecule has 5 nitrogen and oxygen atoms in total. The third kappa shape index (κ3) is 5.13. The van der Waals surface area contributed by atoms with E-state index in [0.717, 1.165) is 46.3 Å². The number of aromatic nitrogens is 4. The largest absolute Gasteiger partial charge is 0.399 e. The van der Waals surface area contributed by atoms with E-state index in [2.05, 4.69) is 77.8 Å². The summed E-state index contributed by atoms with van der Waals surface area (Å²) in [6, 6.07) is 49.8. The molecule has 0 bridgehead atoms. The Labute approximate surface area is 261 Å². The average molecular weight is 578 g/mol. The summed E-state index contributed by atoms with van der Waals surface area (Å²) in [5.41, 5.74) is 16.7. The normalized spacial score (nSPS) is 11.2. The van der Waals surface area contributed by atoms with Gasteiger partial charge in [-0.25, -0.2) is 15.0 Å². The molecule has 0 fully saturated rings. The van der Waals surface area contributed by atoms with E-state index in [0.29, 0.717) is 17.5 Å². The van der Waals surface area contributed by atoms with E-state index in [1.54, 1.807) is 0 Å². The molecule has 0 radical (unpaired) electrons. The summed E-state index contributed by atoms with van der Waals surface area (Å²) >= 11 is 0. The van der Waals surface area contributed by atoms with Crippen LogP contribution in [0.15, 0.2) is 146 Å². The molecule has 212 valence electrons. The number of nitrogens with one attached hydrogen (secondary N) is 1. The predicted octanol–water partition coefficient (Wildman–Crippen LogP) is 7.14. The summed E-state index contributed by atoms with van der Waals surface area (Å²) in [6.07, 6.45) is 0.